The molecule has 0 radical (unpaired) electrons. The van der Waals surface area contributed by atoms with Gasteiger partial charge in [-0.2, -0.15) is 15.0 Å². The fourth-order valence-electron chi connectivity index (χ4n) is 2.80. The lowest BCUT2D eigenvalue weighted by Gasteiger charge is -2.23. The number of rotatable bonds is 8. The molecular formula is C21H22F3N7O2. The summed E-state index contributed by atoms with van der Waals surface area (Å²) >= 11 is 0. The number of carbonyl (C=O) groups excluding carboxylic acids is 1. The molecule has 0 aliphatic rings. The minimum atomic E-state index is -4.78. The molecule has 9 nitrogen and oxygen atoms in total. The Morgan fingerprint density at radius 2 is 1.73 bits per heavy atom. The average Bonchev–Trinajstić information content (AvgIpc) is 2.74. The molecule has 0 fully saturated rings. The van der Waals surface area contributed by atoms with Gasteiger partial charge in [0.25, 0.3) is 0 Å². The third kappa shape index (κ3) is 7.31. The van der Waals surface area contributed by atoms with Gasteiger partial charge in [0.1, 0.15) is 5.75 Å². The molecule has 0 aliphatic heterocycles. The Morgan fingerprint density at radius 1 is 1.06 bits per heavy atom. The summed E-state index contributed by atoms with van der Waals surface area (Å²) < 4.78 is 40.5. The van der Waals surface area contributed by atoms with E-state index in [1.165, 1.54) is 12.1 Å². The molecule has 1 heterocycles. The highest BCUT2D eigenvalue weighted by molar-refractivity contribution is 5.92. The fraction of sp³-hybridized carbons (Fsp3) is 0.238. The summed E-state index contributed by atoms with van der Waals surface area (Å²) in [6, 6.07) is 13.8. The summed E-state index contributed by atoms with van der Waals surface area (Å²) in [5.74, 6) is -0.0826. The highest BCUT2D eigenvalue weighted by Crippen LogP contribution is 2.24. The Balaban J connectivity index is 1.60. The van der Waals surface area contributed by atoms with Crippen LogP contribution in [0.1, 0.15) is 18.8 Å². The largest absolute Gasteiger partial charge is 0.573 e. The van der Waals surface area contributed by atoms with Crippen molar-refractivity contribution in [2.24, 2.45) is 0 Å². The number of para-hydroxylation sites is 1. The summed E-state index contributed by atoms with van der Waals surface area (Å²) in [6.45, 7) is 1.77. The van der Waals surface area contributed by atoms with Crippen molar-refractivity contribution >= 4 is 29.2 Å². The van der Waals surface area contributed by atoms with E-state index in [0.717, 1.165) is 17.8 Å². The van der Waals surface area contributed by atoms with Gasteiger partial charge in [-0.3, -0.25) is 9.69 Å². The van der Waals surface area contributed by atoms with Gasteiger partial charge in [0.05, 0.1) is 12.6 Å². The molecule has 4 N–H and O–H groups in total. The molecule has 12 heteroatoms. The fourth-order valence-corrected chi connectivity index (χ4v) is 2.80. The van der Waals surface area contributed by atoms with Gasteiger partial charge >= 0.3 is 6.36 Å². The van der Waals surface area contributed by atoms with Crippen LogP contribution in [-0.4, -0.2) is 45.7 Å². The van der Waals surface area contributed by atoms with Crippen LogP contribution in [0.4, 0.5) is 36.4 Å². The summed E-state index contributed by atoms with van der Waals surface area (Å²) in [6.07, 6.45) is -4.78. The van der Waals surface area contributed by atoms with E-state index < -0.39 is 6.36 Å². The summed E-state index contributed by atoms with van der Waals surface area (Å²) in [5.41, 5.74) is 6.93. The number of alkyl halides is 3. The molecule has 2 aromatic carbocycles. The van der Waals surface area contributed by atoms with Crippen molar-refractivity contribution in [3.8, 4) is 5.75 Å². The number of halogens is 3. The standard InChI is InChI=1S/C21H22F3N7O2/c1-13(18-28-19(25)30-20(29-18)27-14-6-4-3-5-7-14)31(2)12-17(32)26-15-8-10-16(11-9-15)33-21(22,23)24/h3-11,13H,12H2,1-2H3,(H,26,32)(H3,25,27,28,29,30)/t13-/m1/s1. The van der Waals surface area contributed by atoms with Gasteiger partial charge in [-0.25, -0.2) is 0 Å². The molecule has 3 aromatic rings. The molecule has 0 unspecified atom stereocenters. The van der Waals surface area contributed by atoms with Crippen molar-refractivity contribution in [3.63, 3.8) is 0 Å². The molecule has 0 saturated carbocycles. The Kier molecular flexibility index (Phi) is 7.28. The zero-order valence-corrected chi connectivity index (χ0v) is 17.8. The third-order valence-corrected chi connectivity index (χ3v) is 4.50. The first kappa shape index (κ1) is 23.7. The van der Waals surface area contributed by atoms with E-state index in [1.54, 1.807) is 18.9 Å². The van der Waals surface area contributed by atoms with Crippen LogP contribution < -0.4 is 21.1 Å². The number of nitrogen functional groups attached to an aromatic ring is 1. The van der Waals surface area contributed by atoms with Crippen LogP contribution in [0.25, 0.3) is 0 Å². The molecule has 1 aromatic heterocycles. The summed E-state index contributed by atoms with van der Waals surface area (Å²) in [7, 11) is 1.70. The number of benzene rings is 2. The van der Waals surface area contributed by atoms with Crippen LogP contribution >= 0.6 is 0 Å². The van der Waals surface area contributed by atoms with Gasteiger partial charge in [-0.15, -0.1) is 13.2 Å². The Hall–Kier alpha value is -3.93. The number of carbonyl (C=O) groups is 1. The van der Waals surface area contributed by atoms with Crippen LogP contribution in [0, 0.1) is 0 Å². The molecule has 174 valence electrons. The zero-order chi connectivity index (χ0) is 24.0. The van der Waals surface area contributed by atoms with Crippen LogP contribution in [0.3, 0.4) is 0 Å². The number of anilines is 4. The lowest BCUT2D eigenvalue weighted by Crippen LogP contribution is -2.33. The number of nitrogens with zero attached hydrogens (tertiary/aromatic N) is 4. The molecular weight excluding hydrogens is 439 g/mol. The number of likely N-dealkylation sites (N-methyl/N-ethyl adjacent to an activating group) is 1. The minimum absolute atomic E-state index is 0.0318. The van der Waals surface area contributed by atoms with Gasteiger partial charge < -0.3 is 21.1 Å². The average molecular weight is 461 g/mol. The number of nitrogens with two attached hydrogens (primary N) is 1. The van der Waals surface area contributed by atoms with Gasteiger partial charge in [-0.1, -0.05) is 18.2 Å². The first-order valence-corrected chi connectivity index (χ1v) is 9.78. The van der Waals surface area contributed by atoms with Crippen LogP contribution in [0.5, 0.6) is 5.75 Å². The monoisotopic (exact) mass is 461 g/mol. The third-order valence-electron chi connectivity index (χ3n) is 4.50. The van der Waals surface area contributed by atoms with Gasteiger partial charge in [0.2, 0.25) is 17.8 Å². The predicted octanol–water partition coefficient (Wildman–Crippen LogP) is 3.73. The second-order valence-corrected chi connectivity index (χ2v) is 7.08. The topological polar surface area (TPSA) is 118 Å². The summed E-state index contributed by atoms with van der Waals surface area (Å²) in [5, 5.41) is 5.67. The highest BCUT2D eigenvalue weighted by atomic mass is 19.4. The van der Waals surface area contributed by atoms with Gasteiger partial charge in [0.15, 0.2) is 5.82 Å². The van der Waals surface area contributed by atoms with Crippen molar-refractivity contribution in [2.75, 3.05) is 30.0 Å². The maximum absolute atomic E-state index is 12.4. The van der Waals surface area contributed by atoms with E-state index in [2.05, 4.69) is 30.3 Å². The number of hydrogen-bond donors (Lipinski definition) is 3. The number of hydrogen-bond acceptors (Lipinski definition) is 8. The molecule has 33 heavy (non-hydrogen) atoms. The maximum Gasteiger partial charge on any atom is 0.573 e. The second kappa shape index (κ2) is 10.1. The lowest BCUT2D eigenvalue weighted by molar-refractivity contribution is -0.274. The molecule has 3 rings (SSSR count). The van der Waals surface area contributed by atoms with E-state index in [1.807, 2.05) is 30.3 Å². The number of nitrogens with one attached hydrogen (secondary N) is 2. The van der Waals surface area contributed by atoms with Crippen molar-refractivity contribution in [1.82, 2.24) is 19.9 Å². The number of aromatic nitrogens is 3. The van der Waals surface area contributed by atoms with Crippen molar-refractivity contribution in [1.29, 1.82) is 0 Å². The first-order chi connectivity index (χ1) is 15.6. The first-order valence-electron chi connectivity index (χ1n) is 9.78. The van der Waals surface area contributed by atoms with E-state index in [-0.39, 0.29) is 36.1 Å². The molecule has 0 saturated heterocycles. The van der Waals surface area contributed by atoms with Crippen LogP contribution in [0.15, 0.2) is 54.6 Å². The van der Waals surface area contributed by atoms with Crippen molar-refractivity contribution < 1.29 is 22.7 Å². The van der Waals surface area contributed by atoms with Gasteiger partial charge in [0, 0.05) is 11.4 Å². The second-order valence-electron chi connectivity index (χ2n) is 7.08. The Bertz CT molecular complexity index is 1080. The lowest BCUT2D eigenvalue weighted by atomic mass is 10.2. The zero-order valence-electron chi connectivity index (χ0n) is 17.8. The molecule has 0 aliphatic carbocycles. The normalized spacial score (nSPS) is 12.3. The van der Waals surface area contributed by atoms with Crippen LogP contribution in [-0.2, 0) is 4.79 Å². The molecule has 0 spiro atoms. The predicted molar refractivity (Wildman–Crippen MR) is 117 cm³/mol. The van der Waals surface area contributed by atoms with E-state index in [9.17, 15) is 18.0 Å². The maximum atomic E-state index is 12.4. The number of ether oxygens (including phenoxy) is 1. The van der Waals surface area contributed by atoms with Crippen molar-refractivity contribution in [3.05, 3.63) is 60.4 Å². The molecule has 1 amide bonds. The molecule has 1 atom stereocenters. The molecule has 0 bridgehead atoms. The van der Waals surface area contributed by atoms with Gasteiger partial charge in [-0.05, 0) is 50.4 Å². The quantitative estimate of drug-likeness (QED) is 0.465. The number of amides is 1. The Morgan fingerprint density at radius 3 is 2.36 bits per heavy atom. The minimum Gasteiger partial charge on any atom is -0.406 e. The van der Waals surface area contributed by atoms with E-state index in [0.29, 0.717) is 11.5 Å². The summed E-state index contributed by atoms with van der Waals surface area (Å²) in [4.78, 5) is 26.7. The van der Waals surface area contributed by atoms with Crippen LogP contribution in [0.2, 0.25) is 0 Å². The van der Waals surface area contributed by atoms with Crippen molar-refractivity contribution in [2.45, 2.75) is 19.3 Å². The Labute approximate surface area is 187 Å². The highest BCUT2D eigenvalue weighted by Gasteiger charge is 2.31. The smallest absolute Gasteiger partial charge is 0.406 e. The van der Waals surface area contributed by atoms with E-state index >= 15 is 0 Å². The SMILES string of the molecule is C[C@H](c1nc(N)nc(Nc2ccccc2)n1)N(C)CC(=O)Nc1ccc(OC(F)(F)F)cc1. The van der Waals surface area contributed by atoms with E-state index in [4.69, 9.17) is 5.73 Å².